The zero-order valence-corrected chi connectivity index (χ0v) is 13.8. The second kappa shape index (κ2) is 5.81. The van der Waals surface area contributed by atoms with Crippen LogP contribution in [-0.4, -0.2) is 49.0 Å². The minimum absolute atomic E-state index is 0.00813. The molecule has 0 radical (unpaired) electrons. The number of hydrogen-bond donors (Lipinski definition) is 0. The first-order valence-electron chi connectivity index (χ1n) is 7.37. The first-order valence-corrected chi connectivity index (χ1v) is 9.19. The molecule has 1 amide bonds. The quantitative estimate of drug-likeness (QED) is 0.856. The summed E-state index contributed by atoms with van der Waals surface area (Å²) in [6.45, 7) is 1.99. The normalized spacial score (nSPS) is 19.7. The summed E-state index contributed by atoms with van der Waals surface area (Å²) in [5.41, 5.74) is 2.58. The number of aryl methyl sites for hydroxylation is 1. The Balaban J connectivity index is 1.77. The van der Waals surface area contributed by atoms with Crippen LogP contribution < -0.4 is 0 Å². The fraction of sp³-hybridized carbons (Fsp3) is 0.375. The molecule has 1 atom stereocenters. The third-order valence-corrected chi connectivity index (χ3v) is 5.90. The predicted octanol–water partition coefficient (Wildman–Crippen LogP) is 1.91. The topological polar surface area (TPSA) is 80.5 Å². The van der Waals surface area contributed by atoms with Gasteiger partial charge in [-0.05, 0) is 13.3 Å². The monoisotopic (exact) mass is 334 g/mol. The average Bonchev–Trinajstić information content (AvgIpc) is 3.13. The summed E-state index contributed by atoms with van der Waals surface area (Å²) in [5, 5.41) is 3.93. The molecule has 1 aliphatic rings. The number of rotatable bonds is 3. The standard InChI is InChI=1S/C16H18N2O4S/c1-11-3-5-12(6-4-11)14-9-15(22-17-14)16(19)18(2)13-7-8-23(20,21)10-13/h3-6,9,13H,7-8,10H2,1-2H3/t13-/m1/s1. The summed E-state index contributed by atoms with van der Waals surface area (Å²) in [6, 6.07) is 9.03. The van der Waals surface area contributed by atoms with Crippen LogP contribution >= 0.6 is 0 Å². The molecule has 2 heterocycles. The van der Waals surface area contributed by atoms with Gasteiger partial charge in [0.2, 0.25) is 5.76 Å². The van der Waals surface area contributed by atoms with Crippen LogP contribution in [0.5, 0.6) is 0 Å². The third-order valence-electron chi connectivity index (χ3n) is 4.14. The van der Waals surface area contributed by atoms with Gasteiger partial charge >= 0.3 is 0 Å². The molecule has 0 N–H and O–H groups in total. The van der Waals surface area contributed by atoms with Gasteiger partial charge in [-0.1, -0.05) is 35.0 Å². The van der Waals surface area contributed by atoms with E-state index in [9.17, 15) is 13.2 Å². The minimum atomic E-state index is -3.04. The Hall–Kier alpha value is -2.15. The van der Waals surface area contributed by atoms with Crippen molar-refractivity contribution < 1.29 is 17.7 Å². The van der Waals surface area contributed by atoms with Crippen molar-refractivity contribution in [1.29, 1.82) is 0 Å². The van der Waals surface area contributed by atoms with E-state index < -0.39 is 9.84 Å². The van der Waals surface area contributed by atoms with E-state index >= 15 is 0 Å². The number of nitrogens with zero attached hydrogens (tertiary/aromatic N) is 2. The molecule has 122 valence electrons. The summed E-state index contributed by atoms with van der Waals surface area (Å²) >= 11 is 0. The summed E-state index contributed by atoms with van der Waals surface area (Å²) in [5.74, 6) is -0.0977. The van der Waals surface area contributed by atoms with Gasteiger partial charge in [-0.3, -0.25) is 4.79 Å². The zero-order chi connectivity index (χ0) is 16.6. The molecule has 1 aliphatic heterocycles. The van der Waals surface area contributed by atoms with Crippen LogP contribution in [0.1, 0.15) is 22.5 Å². The number of benzene rings is 1. The highest BCUT2D eigenvalue weighted by Crippen LogP contribution is 2.22. The number of amides is 1. The second-order valence-corrected chi connectivity index (χ2v) is 8.14. The molecule has 0 saturated carbocycles. The molecule has 6 nitrogen and oxygen atoms in total. The SMILES string of the molecule is Cc1ccc(-c2cc(C(=O)N(C)[C@@H]3CCS(=O)(=O)C3)on2)cc1. The first kappa shape index (κ1) is 15.7. The molecule has 1 aromatic heterocycles. The Kier molecular flexibility index (Phi) is 3.97. The molecule has 23 heavy (non-hydrogen) atoms. The van der Waals surface area contributed by atoms with Crippen LogP contribution in [0, 0.1) is 6.92 Å². The van der Waals surface area contributed by atoms with Crippen molar-refractivity contribution in [3.05, 3.63) is 41.7 Å². The van der Waals surface area contributed by atoms with Gasteiger partial charge in [-0.2, -0.15) is 0 Å². The lowest BCUT2D eigenvalue weighted by Crippen LogP contribution is -2.37. The van der Waals surface area contributed by atoms with Crippen molar-refractivity contribution in [2.75, 3.05) is 18.6 Å². The summed E-state index contributed by atoms with van der Waals surface area (Å²) in [6.07, 6.45) is 0.462. The molecule has 2 aromatic rings. The van der Waals surface area contributed by atoms with E-state index in [1.54, 1.807) is 13.1 Å². The number of sulfone groups is 1. The number of aromatic nitrogens is 1. The van der Waals surface area contributed by atoms with Gasteiger partial charge in [0, 0.05) is 24.7 Å². The van der Waals surface area contributed by atoms with Gasteiger partial charge in [0.05, 0.1) is 11.5 Å². The molecule has 0 spiro atoms. The van der Waals surface area contributed by atoms with Crippen molar-refractivity contribution in [2.24, 2.45) is 0 Å². The van der Waals surface area contributed by atoms with E-state index in [0.29, 0.717) is 12.1 Å². The summed E-state index contributed by atoms with van der Waals surface area (Å²) < 4.78 is 28.2. The minimum Gasteiger partial charge on any atom is -0.350 e. The predicted molar refractivity (Wildman–Crippen MR) is 85.8 cm³/mol. The highest BCUT2D eigenvalue weighted by molar-refractivity contribution is 7.91. The van der Waals surface area contributed by atoms with Crippen LogP contribution in [0.3, 0.4) is 0 Å². The Bertz CT molecular complexity index is 824. The van der Waals surface area contributed by atoms with Crippen molar-refractivity contribution in [3.63, 3.8) is 0 Å². The van der Waals surface area contributed by atoms with Gasteiger partial charge in [0.1, 0.15) is 5.69 Å². The largest absolute Gasteiger partial charge is 0.350 e. The number of carbonyl (C=O) groups excluding carboxylic acids is 1. The smallest absolute Gasteiger partial charge is 0.292 e. The Morgan fingerprint density at radius 1 is 1.30 bits per heavy atom. The zero-order valence-electron chi connectivity index (χ0n) is 13.0. The molecule has 1 aromatic carbocycles. The molecule has 0 unspecified atom stereocenters. The van der Waals surface area contributed by atoms with E-state index in [-0.39, 0.29) is 29.2 Å². The lowest BCUT2D eigenvalue weighted by molar-refractivity contribution is 0.0705. The van der Waals surface area contributed by atoms with Crippen molar-refractivity contribution in [3.8, 4) is 11.3 Å². The van der Waals surface area contributed by atoms with Crippen molar-refractivity contribution in [1.82, 2.24) is 10.1 Å². The van der Waals surface area contributed by atoms with Crippen LogP contribution in [0.2, 0.25) is 0 Å². The summed E-state index contributed by atoms with van der Waals surface area (Å²) in [4.78, 5) is 13.9. The van der Waals surface area contributed by atoms with Gasteiger partial charge in [-0.25, -0.2) is 8.42 Å². The maximum absolute atomic E-state index is 12.4. The fourth-order valence-corrected chi connectivity index (χ4v) is 4.43. The molecule has 1 saturated heterocycles. The van der Waals surface area contributed by atoms with E-state index in [1.165, 1.54) is 4.90 Å². The van der Waals surface area contributed by atoms with Gasteiger partial charge in [0.25, 0.3) is 5.91 Å². The Morgan fingerprint density at radius 2 is 2.00 bits per heavy atom. The first-order chi connectivity index (χ1) is 10.9. The summed E-state index contributed by atoms with van der Waals surface area (Å²) in [7, 11) is -1.44. The van der Waals surface area contributed by atoms with E-state index in [4.69, 9.17) is 4.52 Å². The fourth-order valence-electron chi connectivity index (χ4n) is 2.66. The van der Waals surface area contributed by atoms with E-state index in [0.717, 1.165) is 11.1 Å². The molecular formula is C16H18N2O4S. The molecular weight excluding hydrogens is 316 g/mol. The van der Waals surface area contributed by atoms with Gasteiger partial charge < -0.3 is 9.42 Å². The van der Waals surface area contributed by atoms with Crippen LogP contribution in [0.25, 0.3) is 11.3 Å². The average molecular weight is 334 g/mol. The maximum Gasteiger partial charge on any atom is 0.292 e. The van der Waals surface area contributed by atoms with E-state index in [1.807, 2.05) is 31.2 Å². The van der Waals surface area contributed by atoms with Crippen LogP contribution in [0.4, 0.5) is 0 Å². The molecule has 1 fully saturated rings. The van der Waals surface area contributed by atoms with Crippen LogP contribution in [-0.2, 0) is 9.84 Å². The number of hydrogen-bond acceptors (Lipinski definition) is 5. The molecule has 0 aliphatic carbocycles. The highest BCUT2D eigenvalue weighted by Gasteiger charge is 2.34. The molecule has 7 heteroatoms. The third kappa shape index (κ3) is 3.29. The van der Waals surface area contributed by atoms with Gasteiger partial charge in [0.15, 0.2) is 9.84 Å². The van der Waals surface area contributed by atoms with Gasteiger partial charge in [-0.15, -0.1) is 0 Å². The molecule has 0 bridgehead atoms. The lowest BCUT2D eigenvalue weighted by Gasteiger charge is -2.21. The Labute approximate surface area is 135 Å². The lowest BCUT2D eigenvalue weighted by atomic mass is 10.1. The Morgan fingerprint density at radius 3 is 2.61 bits per heavy atom. The van der Waals surface area contributed by atoms with Crippen LogP contribution in [0.15, 0.2) is 34.9 Å². The van der Waals surface area contributed by atoms with E-state index in [2.05, 4.69) is 5.16 Å². The number of carbonyl (C=O) groups is 1. The second-order valence-electron chi connectivity index (χ2n) is 5.92. The van der Waals surface area contributed by atoms with Crippen molar-refractivity contribution in [2.45, 2.75) is 19.4 Å². The maximum atomic E-state index is 12.4. The van der Waals surface area contributed by atoms with Crippen molar-refractivity contribution >= 4 is 15.7 Å². The molecule has 3 rings (SSSR count). The highest BCUT2D eigenvalue weighted by atomic mass is 32.2.